The first-order chi connectivity index (χ1) is 11.0. The molecule has 1 aliphatic heterocycles. The van der Waals surface area contributed by atoms with Crippen LogP contribution in [0, 0.1) is 13.8 Å². The van der Waals surface area contributed by atoms with Gasteiger partial charge in [-0.3, -0.25) is 14.5 Å². The first-order valence-electron chi connectivity index (χ1n) is 7.65. The molecule has 0 aromatic carbocycles. The van der Waals surface area contributed by atoms with Crippen molar-refractivity contribution in [2.45, 2.75) is 32.4 Å². The second-order valence-corrected chi connectivity index (χ2v) is 6.87. The lowest BCUT2D eigenvalue weighted by atomic mass is 10.1. The molecule has 0 aliphatic carbocycles. The molecule has 2 atom stereocenters. The number of likely N-dealkylation sites (tertiary alicyclic amines) is 1. The van der Waals surface area contributed by atoms with Gasteiger partial charge in [-0.1, -0.05) is 0 Å². The van der Waals surface area contributed by atoms with E-state index < -0.39 is 0 Å². The number of nitrogens with zero attached hydrogens (tertiary/aromatic N) is 2. The molecule has 128 valence electrons. The highest BCUT2D eigenvalue weighted by molar-refractivity contribution is 7.13. The molecule has 0 spiro atoms. The fourth-order valence-electron chi connectivity index (χ4n) is 2.90. The number of hydrogen-bond acceptors (Lipinski definition) is 6. The Hall–Kier alpha value is -1.51. The smallest absolute Gasteiger partial charge is 0.263 e. The molecule has 8 heteroatoms. The lowest BCUT2D eigenvalue weighted by molar-refractivity contribution is -0.125. The third-order valence-corrected chi connectivity index (χ3v) is 5.05. The van der Waals surface area contributed by atoms with Crippen LogP contribution in [0.3, 0.4) is 0 Å². The zero-order valence-corrected chi connectivity index (χ0v) is 14.8. The van der Waals surface area contributed by atoms with Crippen LogP contribution in [0.25, 0.3) is 0 Å². The number of carbonyl (C=O) groups is 2. The fraction of sp³-hybridized carbons (Fsp3) is 0.667. The van der Waals surface area contributed by atoms with Crippen molar-refractivity contribution in [3.8, 4) is 0 Å². The number of thiazole rings is 1. The van der Waals surface area contributed by atoms with E-state index in [0.717, 1.165) is 10.7 Å². The minimum absolute atomic E-state index is 0.0253. The molecule has 2 rings (SSSR count). The molecule has 2 heterocycles. The molecule has 0 unspecified atom stereocenters. The van der Waals surface area contributed by atoms with Crippen molar-refractivity contribution in [1.82, 2.24) is 20.5 Å². The number of ether oxygens (including phenoxy) is 1. The molecule has 1 aliphatic rings. The molecule has 1 fully saturated rings. The number of amides is 2. The van der Waals surface area contributed by atoms with Gasteiger partial charge in [0.1, 0.15) is 4.88 Å². The quantitative estimate of drug-likeness (QED) is 0.779. The summed E-state index contributed by atoms with van der Waals surface area (Å²) in [4.78, 5) is 31.4. The summed E-state index contributed by atoms with van der Waals surface area (Å²) in [5.41, 5.74) is 0.752. The molecule has 1 saturated heterocycles. The number of rotatable bonds is 6. The predicted octanol–water partition coefficient (Wildman–Crippen LogP) is 0.325. The number of nitrogens with one attached hydrogen (secondary N) is 2. The number of likely N-dealkylation sites (N-methyl/N-ethyl adjacent to an activating group) is 1. The summed E-state index contributed by atoms with van der Waals surface area (Å²) < 4.78 is 5.10. The van der Waals surface area contributed by atoms with Gasteiger partial charge in [0.25, 0.3) is 5.91 Å². The van der Waals surface area contributed by atoms with Crippen LogP contribution >= 0.6 is 11.3 Å². The molecule has 2 N–H and O–H groups in total. The normalized spacial score (nSPS) is 21.4. The van der Waals surface area contributed by atoms with Crippen molar-refractivity contribution in [2.75, 3.05) is 33.9 Å². The number of carbonyl (C=O) groups excluding carboxylic acids is 2. The third-order valence-electron chi connectivity index (χ3n) is 3.98. The van der Waals surface area contributed by atoms with Gasteiger partial charge < -0.3 is 15.4 Å². The van der Waals surface area contributed by atoms with Crippen molar-refractivity contribution in [2.24, 2.45) is 0 Å². The average molecular weight is 340 g/mol. The van der Waals surface area contributed by atoms with E-state index in [1.54, 1.807) is 14.2 Å². The monoisotopic (exact) mass is 340 g/mol. The Morgan fingerprint density at radius 3 is 2.74 bits per heavy atom. The second kappa shape index (κ2) is 7.85. The van der Waals surface area contributed by atoms with Crippen molar-refractivity contribution in [3.63, 3.8) is 0 Å². The first-order valence-corrected chi connectivity index (χ1v) is 8.47. The van der Waals surface area contributed by atoms with Gasteiger partial charge in [0.05, 0.1) is 23.4 Å². The largest absolute Gasteiger partial charge is 0.383 e. The summed E-state index contributed by atoms with van der Waals surface area (Å²) >= 11 is 1.40. The van der Waals surface area contributed by atoms with E-state index >= 15 is 0 Å². The Bertz CT molecular complexity index is 575. The van der Waals surface area contributed by atoms with Gasteiger partial charge in [-0.25, -0.2) is 4.98 Å². The minimum atomic E-state index is -0.232. The van der Waals surface area contributed by atoms with Gasteiger partial charge in [0, 0.05) is 33.3 Å². The predicted molar refractivity (Wildman–Crippen MR) is 88.8 cm³/mol. The number of aromatic nitrogens is 1. The SMILES string of the molecule is CNC(=O)[C@@H]1C[C@@H](NC(=O)c2sc(C)nc2C)CN1CCOC. The van der Waals surface area contributed by atoms with Crippen molar-refractivity contribution >= 4 is 23.2 Å². The van der Waals surface area contributed by atoms with Crippen LogP contribution in [0.1, 0.15) is 26.8 Å². The van der Waals surface area contributed by atoms with E-state index in [9.17, 15) is 9.59 Å². The molecule has 23 heavy (non-hydrogen) atoms. The van der Waals surface area contributed by atoms with E-state index in [1.807, 2.05) is 13.8 Å². The van der Waals surface area contributed by atoms with Crippen LogP contribution in [-0.2, 0) is 9.53 Å². The molecule has 1 aromatic rings. The third kappa shape index (κ3) is 4.27. The van der Waals surface area contributed by atoms with E-state index in [2.05, 4.69) is 20.5 Å². The Balaban J connectivity index is 2.01. The van der Waals surface area contributed by atoms with Crippen LogP contribution in [0.15, 0.2) is 0 Å². The number of methoxy groups -OCH3 is 1. The van der Waals surface area contributed by atoms with E-state index in [1.165, 1.54) is 11.3 Å². The van der Waals surface area contributed by atoms with E-state index in [0.29, 0.717) is 31.0 Å². The Morgan fingerprint density at radius 1 is 1.43 bits per heavy atom. The van der Waals surface area contributed by atoms with Gasteiger partial charge in [-0.05, 0) is 20.3 Å². The molecule has 2 amide bonds. The van der Waals surface area contributed by atoms with Gasteiger partial charge in [-0.15, -0.1) is 11.3 Å². The topological polar surface area (TPSA) is 83.6 Å². The maximum Gasteiger partial charge on any atom is 0.263 e. The van der Waals surface area contributed by atoms with Crippen LogP contribution in [0.5, 0.6) is 0 Å². The lowest BCUT2D eigenvalue weighted by Gasteiger charge is -2.22. The number of aryl methyl sites for hydroxylation is 2. The molecule has 1 aromatic heterocycles. The lowest BCUT2D eigenvalue weighted by Crippen LogP contribution is -2.43. The molecule has 0 bridgehead atoms. The average Bonchev–Trinajstić information content (AvgIpc) is 3.07. The minimum Gasteiger partial charge on any atom is -0.383 e. The zero-order chi connectivity index (χ0) is 17.0. The van der Waals surface area contributed by atoms with Crippen molar-refractivity contribution < 1.29 is 14.3 Å². The first kappa shape index (κ1) is 17.8. The molecule has 0 radical (unpaired) electrons. The standard InChI is InChI=1S/C15H24N4O3S/c1-9-13(23-10(2)17-9)15(21)18-11-7-12(14(20)16-3)19(8-11)5-6-22-4/h11-12H,5-8H2,1-4H3,(H,16,20)(H,18,21)/t11-,12+/m1/s1. The highest BCUT2D eigenvalue weighted by atomic mass is 32.1. The van der Waals surface area contributed by atoms with Crippen LogP contribution in [0.4, 0.5) is 0 Å². The Morgan fingerprint density at radius 2 is 2.17 bits per heavy atom. The summed E-state index contributed by atoms with van der Waals surface area (Å²) in [6, 6.07) is -0.284. The van der Waals surface area contributed by atoms with Gasteiger partial charge >= 0.3 is 0 Å². The fourth-order valence-corrected chi connectivity index (χ4v) is 3.72. The van der Waals surface area contributed by atoms with Crippen LogP contribution in [-0.4, -0.2) is 67.6 Å². The van der Waals surface area contributed by atoms with Gasteiger partial charge in [0.2, 0.25) is 5.91 Å². The van der Waals surface area contributed by atoms with Gasteiger partial charge in [-0.2, -0.15) is 0 Å². The van der Waals surface area contributed by atoms with Crippen LogP contribution < -0.4 is 10.6 Å². The van der Waals surface area contributed by atoms with Crippen LogP contribution in [0.2, 0.25) is 0 Å². The van der Waals surface area contributed by atoms with Crippen molar-refractivity contribution in [1.29, 1.82) is 0 Å². The highest BCUT2D eigenvalue weighted by Gasteiger charge is 2.37. The summed E-state index contributed by atoms with van der Waals surface area (Å²) in [6.45, 7) is 5.59. The summed E-state index contributed by atoms with van der Waals surface area (Å²) in [6.07, 6.45) is 0.603. The number of hydrogen-bond donors (Lipinski definition) is 2. The highest BCUT2D eigenvalue weighted by Crippen LogP contribution is 2.21. The van der Waals surface area contributed by atoms with Crippen molar-refractivity contribution in [3.05, 3.63) is 15.6 Å². The molecular formula is C15H24N4O3S. The van der Waals surface area contributed by atoms with E-state index in [4.69, 9.17) is 4.74 Å². The Labute approximate surface area is 140 Å². The summed E-state index contributed by atoms with van der Waals surface area (Å²) in [7, 11) is 3.27. The zero-order valence-electron chi connectivity index (χ0n) is 14.0. The molecule has 7 nitrogen and oxygen atoms in total. The maximum absolute atomic E-state index is 12.4. The molecule has 0 saturated carbocycles. The summed E-state index contributed by atoms with van der Waals surface area (Å²) in [5, 5.41) is 6.60. The van der Waals surface area contributed by atoms with E-state index in [-0.39, 0.29) is 23.9 Å². The Kier molecular flexibility index (Phi) is 6.09. The molecular weight excluding hydrogens is 316 g/mol. The summed E-state index contributed by atoms with van der Waals surface area (Å²) in [5.74, 6) is -0.134. The maximum atomic E-state index is 12.4. The van der Waals surface area contributed by atoms with Gasteiger partial charge in [0.15, 0.2) is 0 Å². The second-order valence-electron chi connectivity index (χ2n) is 5.67.